The fraction of sp³-hybridized carbons (Fsp3) is 0. The number of hydrogen-bond acceptors (Lipinski definition) is 4. The fourth-order valence-corrected chi connectivity index (χ4v) is 8.39. The van der Waals surface area contributed by atoms with Gasteiger partial charge in [-0.15, -0.1) is 11.3 Å². The average Bonchev–Trinajstić information content (AvgIpc) is 3.59. The number of thiophene rings is 1. The van der Waals surface area contributed by atoms with Crippen molar-refractivity contribution in [1.82, 2.24) is 15.0 Å². The van der Waals surface area contributed by atoms with Crippen LogP contribution in [0.4, 0.5) is 0 Å². The Kier molecular flexibility index (Phi) is 7.00. The molecule has 51 heavy (non-hydrogen) atoms. The third kappa shape index (κ3) is 5.16. The largest absolute Gasteiger partial charge is 0.208 e. The Hall–Kier alpha value is -6.49. The van der Waals surface area contributed by atoms with Crippen molar-refractivity contribution in [3.05, 3.63) is 176 Å². The fourth-order valence-electron chi connectivity index (χ4n) is 7.24. The number of rotatable bonds is 5. The summed E-state index contributed by atoms with van der Waals surface area (Å²) in [7, 11) is 0. The van der Waals surface area contributed by atoms with Crippen LogP contribution >= 0.6 is 11.3 Å². The van der Waals surface area contributed by atoms with Gasteiger partial charge in [0.25, 0.3) is 0 Å². The van der Waals surface area contributed by atoms with Gasteiger partial charge < -0.3 is 0 Å². The van der Waals surface area contributed by atoms with Gasteiger partial charge in [0, 0.05) is 36.9 Å². The SMILES string of the molecule is c1ccc(-c2ccc(-c3ccc4sc5cc(-c6nc(-c7ccccc7)nc(-c7cccc8ccccc78)n6)c6ccccc6c5c4c3)cc2)cc1. The molecular weight excluding hydrogens is 639 g/mol. The molecule has 0 N–H and O–H groups in total. The van der Waals surface area contributed by atoms with Gasteiger partial charge in [0.15, 0.2) is 17.5 Å². The lowest BCUT2D eigenvalue weighted by molar-refractivity contribution is 1.08. The van der Waals surface area contributed by atoms with Gasteiger partial charge in [0.2, 0.25) is 0 Å². The van der Waals surface area contributed by atoms with Crippen molar-refractivity contribution < 1.29 is 0 Å². The number of fused-ring (bicyclic) bond motifs is 6. The Bertz CT molecular complexity index is 2890. The third-order valence-electron chi connectivity index (χ3n) is 9.74. The van der Waals surface area contributed by atoms with Crippen LogP contribution in [-0.4, -0.2) is 15.0 Å². The summed E-state index contributed by atoms with van der Waals surface area (Å²) in [6, 6.07) is 62.2. The molecule has 0 saturated heterocycles. The quantitative estimate of drug-likeness (QED) is 0.183. The molecule has 0 bridgehead atoms. The molecule has 238 valence electrons. The van der Waals surface area contributed by atoms with Gasteiger partial charge in [-0.3, -0.25) is 0 Å². The first-order valence-corrected chi connectivity index (χ1v) is 17.9. The third-order valence-corrected chi connectivity index (χ3v) is 10.9. The van der Waals surface area contributed by atoms with E-state index in [2.05, 4.69) is 158 Å². The molecule has 2 aromatic heterocycles. The molecule has 0 aliphatic rings. The molecule has 0 radical (unpaired) electrons. The average molecular weight is 668 g/mol. The second kappa shape index (κ2) is 12.1. The van der Waals surface area contributed by atoms with Crippen molar-refractivity contribution in [2.75, 3.05) is 0 Å². The maximum absolute atomic E-state index is 5.23. The number of hydrogen-bond donors (Lipinski definition) is 0. The van der Waals surface area contributed by atoms with E-state index in [9.17, 15) is 0 Å². The van der Waals surface area contributed by atoms with Crippen LogP contribution in [0.2, 0.25) is 0 Å². The Balaban J connectivity index is 1.16. The molecule has 0 unspecified atom stereocenters. The monoisotopic (exact) mass is 667 g/mol. The molecule has 0 saturated carbocycles. The van der Waals surface area contributed by atoms with E-state index >= 15 is 0 Å². The minimum Gasteiger partial charge on any atom is -0.208 e. The van der Waals surface area contributed by atoms with Crippen LogP contribution in [-0.2, 0) is 0 Å². The van der Waals surface area contributed by atoms with E-state index in [1.807, 2.05) is 29.5 Å². The zero-order valence-corrected chi connectivity index (χ0v) is 28.3. The van der Waals surface area contributed by atoms with Crippen LogP contribution in [0.15, 0.2) is 176 Å². The highest BCUT2D eigenvalue weighted by molar-refractivity contribution is 7.26. The van der Waals surface area contributed by atoms with E-state index in [-0.39, 0.29) is 0 Å². The highest BCUT2D eigenvalue weighted by Crippen LogP contribution is 2.44. The van der Waals surface area contributed by atoms with Gasteiger partial charge in [0.1, 0.15) is 0 Å². The maximum atomic E-state index is 5.23. The molecule has 0 atom stereocenters. The van der Waals surface area contributed by atoms with E-state index < -0.39 is 0 Å². The molecular formula is C47H29N3S. The van der Waals surface area contributed by atoms with Crippen molar-refractivity contribution in [3.8, 4) is 56.4 Å². The molecule has 0 spiro atoms. The topological polar surface area (TPSA) is 38.7 Å². The second-order valence-electron chi connectivity index (χ2n) is 12.8. The number of benzene rings is 8. The lowest BCUT2D eigenvalue weighted by Gasteiger charge is -2.12. The van der Waals surface area contributed by atoms with Crippen LogP contribution in [0.5, 0.6) is 0 Å². The normalized spacial score (nSPS) is 11.5. The van der Waals surface area contributed by atoms with Gasteiger partial charge in [-0.05, 0) is 62.0 Å². The standard InChI is InChI=1S/C47H29N3S/c1-3-12-30(13-4-1)31-22-24-32(25-23-31)35-26-27-42-41(28-35)44-38-20-10-9-19-37(38)40(29-43(44)51-42)47-49-45(34-15-5-2-6-16-34)48-46(50-47)39-21-11-17-33-14-7-8-18-36(33)39/h1-29H. The highest BCUT2D eigenvalue weighted by atomic mass is 32.1. The molecule has 10 rings (SSSR count). The van der Waals surface area contributed by atoms with Crippen LogP contribution in [0.1, 0.15) is 0 Å². The van der Waals surface area contributed by atoms with E-state index in [0.29, 0.717) is 17.5 Å². The zero-order valence-electron chi connectivity index (χ0n) is 27.5. The molecule has 0 amide bonds. The van der Waals surface area contributed by atoms with E-state index in [1.165, 1.54) is 47.8 Å². The van der Waals surface area contributed by atoms with E-state index in [1.54, 1.807) is 0 Å². The minimum atomic E-state index is 0.659. The molecule has 0 aliphatic heterocycles. The Morgan fingerprint density at radius 2 is 0.863 bits per heavy atom. The first-order valence-electron chi connectivity index (χ1n) is 17.1. The molecule has 10 aromatic rings. The molecule has 2 heterocycles. The second-order valence-corrected chi connectivity index (χ2v) is 13.9. The van der Waals surface area contributed by atoms with Crippen molar-refractivity contribution in [3.63, 3.8) is 0 Å². The van der Waals surface area contributed by atoms with Crippen LogP contribution in [0.3, 0.4) is 0 Å². The van der Waals surface area contributed by atoms with Crippen LogP contribution in [0.25, 0.3) is 98.1 Å². The van der Waals surface area contributed by atoms with Crippen LogP contribution < -0.4 is 0 Å². The summed E-state index contributed by atoms with van der Waals surface area (Å²) in [6.07, 6.45) is 0. The highest BCUT2D eigenvalue weighted by Gasteiger charge is 2.19. The molecule has 0 fully saturated rings. The predicted molar refractivity (Wildman–Crippen MR) is 215 cm³/mol. The van der Waals surface area contributed by atoms with Crippen LogP contribution in [0, 0.1) is 0 Å². The summed E-state index contributed by atoms with van der Waals surface area (Å²) in [5.74, 6) is 1.99. The first-order chi connectivity index (χ1) is 25.3. The zero-order chi connectivity index (χ0) is 33.7. The minimum absolute atomic E-state index is 0.659. The van der Waals surface area contributed by atoms with E-state index in [0.717, 1.165) is 32.8 Å². The first kappa shape index (κ1) is 29.4. The lowest BCUT2D eigenvalue weighted by atomic mass is 9.96. The Morgan fingerprint density at radius 1 is 0.314 bits per heavy atom. The Labute approximate surface area is 299 Å². The number of nitrogens with zero attached hydrogens (tertiary/aromatic N) is 3. The van der Waals surface area contributed by atoms with Gasteiger partial charge in [-0.2, -0.15) is 0 Å². The van der Waals surface area contributed by atoms with Crippen molar-refractivity contribution >= 4 is 53.1 Å². The summed E-state index contributed by atoms with van der Waals surface area (Å²) in [4.78, 5) is 15.4. The van der Waals surface area contributed by atoms with Gasteiger partial charge in [-0.1, -0.05) is 158 Å². The maximum Gasteiger partial charge on any atom is 0.164 e. The van der Waals surface area contributed by atoms with Crippen molar-refractivity contribution in [2.45, 2.75) is 0 Å². The summed E-state index contributed by atoms with van der Waals surface area (Å²) >= 11 is 1.82. The molecule has 3 nitrogen and oxygen atoms in total. The molecule has 4 heteroatoms. The predicted octanol–water partition coefficient (Wildman–Crippen LogP) is 12.9. The van der Waals surface area contributed by atoms with Gasteiger partial charge in [0.05, 0.1) is 0 Å². The summed E-state index contributed by atoms with van der Waals surface area (Å²) in [5.41, 5.74) is 7.81. The van der Waals surface area contributed by atoms with Gasteiger partial charge in [-0.25, -0.2) is 15.0 Å². The smallest absolute Gasteiger partial charge is 0.164 e. The Morgan fingerprint density at radius 3 is 1.63 bits per heavy atom. The number of aromatic nitrogens is 3. The molecule has 8 aromatic carbocycles. The van der Waals surface area contributed by atoms with Gasteiger partial charge >= 0.3 is 0 Å². The summed E-state index contributed by atoms with van der Waals surface area (Å²) in [5, 5.41) is 7.12. The van der Waals surface area contributed by atoms with Crippen molar-refractivity contribution in [2.24, 2.45) is 0 Å². The van der Waals surface area contributed by atoms with E-state index in [4.69, 9.17) is 15.0 Å². The summed E-state index contributed by atoms with van der Waals surface area (Å²) < 4.78 is 2.47. The summed E-state index contributed by atoms with van der Waals surface area (Å²) in [6.45, 7) is 0. The van der Waals surface area contributed by atoms with Crippen molar-refractivity contribution in [1.29, 1.82) is 0 Å². The molecule has 0 aliphatic carbocycles. The lowest BCUT2D eigenvalue weighted by Crippen LogP contribution is -2.01.